The third-order valence-corrected chi connectivity index (χ3v) is 7.58. The number of hydrogen-bond acceptors (Lipinski definition) is 6. The highest BCUT2D eigenvalue weighted by molar-refractivity contribution is 7.89. The highest BCUT2D eigenvalue weighted by Gasteiger charge is 2.39. The number of benzene rings is 1. The van der Waals surface area contributed by atoms with Crippen molar-refractivity contribution in [2.45, 2.75) is 50.5 Å². The van der Waals surface area contributed by atoms with Crippen LogP contribution in [0.3, 0.4) is 0 Å². The van der Waals surface area contributed by atoms with E-state index < -0.39 is 10.0 Å². The molecule has 2 aromatic rings. The van der Waals surface area contributed by atoms with Crippen molar-refractivity contribution in [2.75, 3.05) is 16.8 Å². The van der Waals surface area contributed by atoms with Crippen molar-refractivity contribution in [1.29, 1.82) is 0 Å². The molecule has 160 valence electrons. The number of fused-ring (bicyclic) bond motifs is 1. The Kier molecular flexibility index (Phi) is 5.65. The zero-order chi connectivity index (χ0) is 21.5. The van der Waals surface area contributed by atoms with Crippen LogP contribution in [0.2, 0.25) is 0 Å². The highest BCUT2D eigenvalue weighted by atomic mass is 32.2. The number of anilines is 2. The van der Waals surface area contributed by atoms with Crippen LogP contribution >= 0.6 is 11.3 Å². The van der Waals surface area contributed by atoms with Crippen LogP contribution in [-0.4, -0.2) is 37.8 Å². The van der Waals surface area contributed by atoms with Crippen LogP contribution in [0.1, 0.15) is 37.4 Å². The van der Waals surface area contributed by atoms with Crippen LogP contribution in [0, 0.1) is 12.8 Å². The number of sulfonamides is 1. The zero-order valence-corrected chi connectivity index (χ0v) is 18.5. The number of aryl methyl sites for hydroxylation is 1. The maximum atomic E-state index is 12.7. The van der Waals surface area contributed by atoms with E-state index in [1.165, 1.54) is 17.4 Å². The van der Waals surface area contributed by atoms with Crippen molar-refractivity contribution in [3.63, 3.8) is 0 Å². The molecule has 1 aliphatic carbocycles. The molecule has 0 bridgehead atoms. The average molecular weight is 449 g/mol. The van der Waals surface area contributed by atoms with E-state index in [1.54, 1.807) is 12.1 Å². The first kappa shape index (κ1) is 21.0. The Morgan fingerprint density at radius 3 is 2.73 bits per heavy atom. The minimum atomic E-state index is -3.75. The lowest BCUT2D eigenvalue weighted by Gasteiger charge is -2.22. The van der Waals surface area contributed by atoms with Crippen molar-refractivity contribution in [3.8, 4) is 0 Å². The van der Waals surface area contributed by atoms with Crippen LogP contribution in [-0.2, 0) is 26.0 Å². The van der Waals surface area contributed by atoms with Gasteiger partial charge in [0.2, 0.25) is 21.8 Å². The topological polar surface area (TPSA) is 108 Å². The Bertz CT molecular complexity index is 1090. The molecule has 1 aromatic carbocycles. The van der Waals surface area contributed by atoms with Gasteiger partial charge in [-0.1, -0.05) is 0 Å². The van der Waals surface area contributed by atoms with Crippen molar-refractivity contribution >= 4 is 44.0 Å². The first-order valence-corrected chi connectivity index (χ1v) is 12.3. The van der Waals surface area contributed by atoms with Crippen LogP contribution in [0.4, 0.5) is 10.8 Å². The number of nitrogens with one attached hydrogen (secondary N) is 2. The van der Waals surface area contributed by atoms with Gasteiger partial charge in [0.1, 0.15) is 0 Å². The summed E-state index contributed by atoms with van der Waals surface area (Å²) in [5.41, 5.74) is 2.48. The van der Waals surface area contributed by atoms with E-state index in [1.807, 2.05) is 24.1 Å². The minimum absolute atomic E-state index is 0.00347. The fraction of sp³-hybridized carbons (Fsp3) is 0.450. The minimum Gasteiger partial charge on any atom is -0.309 e. The van der Waals surface area contributed by atoms with Crippen molar-refractivity contribution in [1.82, 2.24) is 9.71 Å². The Morgan fingerprint density at radius 1 is 1.30 bits per heavy atom. The average Bonchev–Trinajstić information content (AvgIpc) is 3.37. The van der Waals surface area contributed by atoms with E-state index in [2.05, 4.69) is 15.0 Å². The molecule has 4 rings (SSSR count). The van der Waals surface area contributed by atoms with Crippen LogP contribution < -0.4 is 14.9 Å². The van der Waals surface area contributed by atoms with Gasteiger partial charge in [0.25, 0.3) is 0 Å². The van der Waals surface area contributed by atoms with E-state index in [0.29, 0.717) is 11.6 Å². The molecular formula is C20H24N4O4S2. The number of nitrogens with zero attached hydrogens (tertiary/aromatic N) is 2. The summed E-state index contributed by atoms with van der Waals surface area (Å²) in [5, 5.41) is 4.98. The van der Waals surface area contributed by atoms with E-state index in [-0.39, 0.29) is 41.6 Å². The van der Waals surface area contributed by atoms with Gasteiger partial charge < -0.3 is 10.2 Å². The molecule has 1 fully saturated rings. The van der Waals surface area contributed by atoms with Gasteiger partial charge in [0.05, 0.1) is 10.6 Å². The molecule has 30 heavy (non-hydrogen) atoms. The third-order valence-electron chi connectivity index (χ3n) is 5.25. The molecule has 2 aliphatic rings. The van der Waals surface area contributed by atoms with Crippen molar-refractivity contribution in [2.24, 2.45) is 5.92 Å². The molecule has 1 aliphatic heterocycles. The molecule has 1 atom stereocenters. The summed E-state index contributed by atoms with van der Waals surface area (Å²) in [6, 6.07) is 4.89. The van der Waals surface area contributed by atoms with Gasteiger partial charge in [0, 0.05) is 36.0 Å². The van der Waals surface area contributed by atoms with Gasteiger partial charge in [-0.05, 0) is 56.9 Å². The lowest BCUT2D eigenvalue weighted by molar-refractivity contribution is -0.120. The SMILES string of the molecule is Cc1csc(NC(=O)CCNS(=O)(=O)c2ccc3c(c2)C[C@H](C)N3C(=O)C2CC2)n1. The quantitative estimate of drug-likeness (QED) is 0.676. The van der Waals surface area contributed by atoms with E-state index in [0.717, 1.165) is 29.8 Å². The lowest BCUT2D eigenvalue weighted by Crippen LogP contribution is -2.36. The fourth-order valence-electron chi connectivity index (χ4n) is 3.61. The number of carbonyl (C=O) groups is 2. The summed E-state index contributed by atoms with van der Waals surface area (Å²) in [7, 11) is -3.75. The molecule has 2 amide bonds. The molecule has 8 nitrogen and oxygen atoms in total. The van der Waals surface area contributed by atoms with Gasteiger partial charge >= 0.3 is 0 Å². The Hall–Kier alpha value is -2.30. The molecule has 10 heteroatoms. The number of hydrogen-bond donors (Lipinski definition) is 2. The monoisotopic (exact) mass is 448 g/mol. The smallest absolute Gasteiger partial charge is 0.240 e. The van der Waals surface area contributed by atoms with Gasteiger partial charge in [-0.2, -0.15) is 0 Å². The first-order chi connectivity index (χ1) is 14.2. The number of thiazole rings is 1. The summed E-state index contributed by atoms with van der Waals surface area (Å²) < 4.78 is 27.8. The largest absolute Gasteiger partial charge is 0.309 e. The maximum absolute atomic E-state index is 12.7. The fourth-order valence-corrected chi connectivity index (χ4v) is 5.40. The molecule has 0 unspecified atom stereocenters. The molecular weight excluding hydrogens is 424 g/mol. The summed E-state index contributed by atoms with van der Waals surface area (Å²) >= 11 is 1.32. The number of aromatic nitrogens is 1. The van der Waals surface area contributed by atoms with Crippen LogP contribution in [0.15, 0.2) is 28.5 Å². The second kappa shape index (κ2) is 8.09. The van der Waals surface area contributed by atoms with Gasteiger partial charge in [-0.3, -0.25) is 9.59 Å². The number of rotatable bonds is 7. The molecule has 2 heterocycles. The number of amides is 2. The summed E-state index contributed by atoms with van der Waals surface area (Å²) in [5.74, 6) is -0.0524. The third kappa shape index (κ3) is 4.40. The first-order valence-electron chi connectivity index (χ1n) is 9.92. The molecule has 0 spiro atoms. The molecule has 0 radical (unpaired) electrons. The Morgan fingerprint density at radius 2 is 2.07 bits per heavy atom. The Balaban J connectivity index is 1.38. The highest BCUT2D eigenvalue weighted by Crippen LogP contribution is 2.39. The Labute approximate surface area is 179 Å². The summed E-state index contributed by atoms with van der Waals surface area (Å²) in [6.07, 6.45) is 2.50. The standard InChI is InChI=1S/C20H24N4O4S2/c1-12-11-29-20(22-12)23-18(25)7-8-21-30(27,28)16-5-6-17-15(10-16)9-13(2)24(17)19(26)14-3-4-14/h5-6,10-11,13-14,21H,3-4,7-9H2,1-2H3,(H,22,23,25)/t13-/m0/s1. The lowest BCUT2D eigenvalue weighted by atomic mass is 10.1. The van der Waals surface area contributed by atoms with E-state index in [4.69, 9.17) is 0 Å². The predicted molar refractivity (Wildman–Crippen MR) is 115 cm³/mol. The molecule has 2 N–H and O–H groups in total. The van der Waals surface area contributed by atoms with Gasteiger partial charge in [0.15, 0.2) is 5.13 Å². The van der Waals surface area contributed by atoms with E-state index >= 15 is 0 Å². The normalized spacial score (nSPS) is 18.3. The predicted octanol–water partition coefficient (Wildman–Crippen LogP) is 2.45. The second-order valence-electron chi connectivity index (χ2n) is 7.82. The van der Waals surface area contributed by atoms with Gasteiger partial charge in [-0.15, -0.1) is 11.3 Å². The van der Waals surface area contributed by atoms with Crippen LogP contribution in [0.5, 0.6) is 0 Å². The van der Waals surface area contributed by atoms with Crippen molar-refractivity contribution < 1.29 is 18.0 Å². The van der Waals surface area contributed by atoms with Crippen molar-refractivity contribution in [3.05, 3.63) is 34.8 Å². The second-order valence-corrected chi connectivity index (χ2v) is 10.4. The van der Waals surface area contributed by atoms with Gasteiger partial charge in [-0.25, -0.2) is 18.1 Å². The molecule has 1 saturated carbocycles. The maximum Gasteiger partial charge on any atom is 0.240 e. The van der Waals surface area contributed by atoms with Crippen LogP contribution in [0.25, 0.3) is 0 Å². The summed E-state index contributed by atoms with van der Waals surface area (Å²) in [4.78, 5) is 30.6. The number of carbonyl (C=O) groups excluding carboxylic acids is 2. The zero-order valence-electron chi connectivity index (χ0n) is 16.8. The summed E-state index contributed by atoms with van der Waals surface area (Å²) in [6.45, 7) is 3.80. The van der Waals surface area contributed by atoms with E-state index in [9.17, 15) is 18.0 Å². The molecule has 1 aromatic heterocycles. The molecule has 0 saturated heterocycles.